The Kier molecular flexibility index (Phi) is 6.77. The minimum Gasteiger partial charge on any atom is -0.491 e. The molecule has 3 rings (SSSR count). The van der Waals surface area contributed by atoms with Gasteiger partial charge in [0.05, 0.1) is 6.10 Å². The summed E-state index contributed by atoms with van der Waals surface area (Å²) in [6, 6.07) is 8.66. The van der Waals surface area contributed by atoms with Gasteiger partial charge in [0.2, 0.25) is 0 Å². The largest absolute Gasteiger partial charge is 0.491 e. The van der Waals surface area contributed by atoms with E-state index in [0.717, 1.165) is 24.1 Å². The lowest BCUT2D eigenvalue weighted by molar-refractivity contribution is 0.117. The summed E-state index contributed by atoms with van der Waals surface area (Å²) in [5, 5.41) is 0. The highest BCUT2D eigenvalue weighted by Crippen LogP contribution is 2.23. The lowest BCUT2D eigenvalue weighted by atomic mass is 9.93. The Morgan fingerprint density at radius 2 is 1.52 bits per heavy atom. The first kappa shape index (κ1) is 18.7. The maximum atomic E-state index is 5.73. The van der Waals surface area contributed by atoms with E-state index in [2.05, 4.69) is 54.8 Å². The molecule has 2 aliphatic rings. The number of hydrogen-bond acceptors (Lipinski definition) is 3. The van der Waals surface area contributed by atoms with Crippen LogP contribution in [-0.4, -0.2) is 48.6 Å². The van der Waals surface area contributed by atoms with Gasteiger partial charge in [-0.1, -0.05) is 19.1 Å². The van der Waals surface area contributed by atoms with Crippen LogP contribution in [0.5, 0.6) is 5.75 Å². The third-order valence-corrected chi connectivity index (χ3v) is 5.80. The molecule has 1 aromatic rings. The Morgan fingerprint density at radius 1 is 0.920 bits per heavy atom. The van der Waals surface area contributed by atoms with Gasteiger partial charge < -0.3 is 9.64 Å². The number of ether oxygens (including phenoxy) is 1. The normalized spacial score (nSPS) is 21.8. The molecule has 2 aliphatic heterocycles. The second-order valence-corrected chi connectivity index (χ2v) is 8.51. The highest BCUT2D eigenvalue weighted by molar-refractivity contribution is 5.27. The Labute approximate surface area is 154 Å². The minimum atomic E-state index is 0.244. The van der Waals surface area contributed by atoms with Crippen molar-refractivity contribution in [2.75, 3.05) is 32.7 Å². The fraction of sp³-hybridized carbons (Fsp3) is 0.727. The lowest BCUT2D eigenvalue weighted by Crippen LogP contribution is -2.41. The monoisotopic (exact) mass is 344 g/mol. The summed E-state index contributed by atoms with van der Waals surface area (Å²) < 4.78 is 5.73. The number of likely N-dealkylation sites (tertiary alicyclic amines) is 2. The molecule has 140 valence electrons. The van der Waals surface area contributed by atoms with Crippen molar-refractivity contribution in [3.05, 3.63) is 29.8 Å². The average Bonchev–Trinajstić information content (AvgIpc) is 2.60. The van der Waals surface area contributed by atoms with E-state index in [9.17, 15) is 0 Å². The third-order valence-electron chi connectivity index (χ3n) is 5.80. The van der Waals surface area contributed by atoms with E-state index >= 15 is 0 Å². The Morgan fingerprint density at radius 3 is 2.12 bits per heavy atom. The van der Waals surface area contributed by atoms with Crippen molar-refractivity contribution < 1.29 is 4.74 Å². The highest BCUT2D eigenvalue weighted by atomic mass is 16.5. The first-order valence-corrected chi connectivity index (χ1v) is 10.3. The molecule has 2 heterocycles. The molecule has 1 aromatic carbocycles. The summed E-state index contributed by atoms with van der Waals surface area (Å²) in [5.74, 6) is 2.83. The molecule has 0 radical (unpaired) electrons. The molecule has 0 aromatic heterocycles. The van der Waals surface area contributed by atoms with Gasteiger partial charge in [0.15, 0.2) is 0 Å². The molecular formula is C22H36N2O. The summed E-state index contributed by atoms with van der Waals surface area (Å²) in [5.41, 5.74) is 1.40. The molecule has 0 amide bonds. The summed E-state index contributed by atoms with van der Waals surface area (Å²) in [6.07, 6.45) is 5.76. The molecule has 0 N–H and O–H groups in total. The second kappa shape index (κ2) is 9.05. The first-order valence-electron chi connectivity index (χ1n) is 10.3. The van der Waals surface area contributed by atoms with Crippen LogP contribution in [0, 0.1) is 11.8 Å². The van der Waals surface area contributed by atoms with Gasteiger partial charge in [-0.25, -0.2) is 0 Å². The van der Waals surface area contributed by atoms with Crippen LogP contribution in [0.15, 0.2) is 24.3 Å². The average molecular weight is 345 g/mol. The van der Waals surface area contributed by atoms with Gasteiger partial charge >= 0.3 is 0 Å². The predicted octanol–water partition coefficient (Wildman–Crippen LogP) is 4.42. The fourth-order valence-corrected chi connectivity index (χ4v) is 4.14. The van der Waals surface area contributed by atoms with E-state index in [1.807, 2.05) is 0 Å². The number of benzene rings is 1. The number of piperidine rings is 2. The van der Waals surface area contributed by atoms with Crippen LogP contribution in [0.25, 0.3) is 0 Å². The van der Waals surface area contributed by atoms with Gasteiger partial charge in [-0.2, -0.15) is 0 Å². The summed E-state index contributed by atoms with van der Waals surface area (Å²) in [6.45, 7) is 14.1. The number of rotatable bonds is 6. The SMILES string of the molecule is CC1CCN(CC2CCN(Cc3ccc(OC(C)C)cc3)CC2)CC1. The van der Waals surface area contributed by atoms with Crippen LogP contribution in [-0.2, 0) is 6.54 Å². The highest BCUT2D eigenvalue weighted by Gasteiger charge is 2.23. The Bertz CT molecular complexity index is 497. The fourth-order valence-electron chi connectivity index (χ4n) is 4.14. The minimum absolute atomic E-state index is 0.244. The molecule has 0 atom stereocenters. The van der Waals surface area contributed by atoms with E-state index in [0.29, 0.717) is 0 Å². The molecule has 3 heteroatoms. The zero-order valence-electron chi connectivity index (χ0n) is 16.4. The van der Waals surface area contributed by atoms with Crippen molar-refractivity contribution in [2.45, 2.75) is 59.1 Å². The summed E-state index contributed by atoms with van der Waals surface area (Å²) in [7, 11) is 0. The van der Waals surface area contributed by atoms with E-state index < -0.39 is 0 Å². The van der Waals surface area contributed by atoms with Crippen molar-refractivity contribution in [1.82, 2.24) is 9.80 Å². The van der Waals surface area contributed by atoms with Crippen molar-refractivity contribution >= 4 is 0 Å². The van der Waals surface area contributed by atoms with Crippen molar-refractivity contribution in [1.29, 1.82) is 0 Å². The number of nitrogens with zero attached hydrogens (tertiary/aromatic N) is 2. The van der Waals surface area contributed by atoms with E-state index in [1.54, 1.807) is 0 Å². The zero-order valence-corrected chi connectivity index (χ0v) is 16.4. The molecule has 0 saturated carbocycles. The van der Waals surface area contributed by atoms with Crippen LogP contribution in [0.1, 0.15) is 52.0 Å². The smallest absolute Gasteiger partial charge is 0.119 e. The lowest BCUT2D eigenvalue weighted by Gasteiger charge is -2.37. The third kappa shape index (κ3) is 6.00. The van der Waals surface area contributed by atoms with Crippen LogP contribution < -0.4 is 4.74 Å². The standard InChI is InChI=1S/C22H36N2O/c1-18(2)25-22-6-4-20(5-7-22)16-24-14-10-21(11-15-24)17-23-12-8-19(3)9-13-23/h4-7,18-19,21H,8-17H2,1-3H3. The van der Waals surface area contributed by atoms with Crippen LogP contribution >= 0.6 is 0 Å². The molecule has 0 unspecified atom stereocenters. The van der Waals surface area contributed by atoms with Crippen LogP contribution in [0.3, 0.4) is 0 Å². The zero-order chi connectivity index (χ0) is 17.6. The van der Waals surface area contributed by atoms with E-state index in [4.69, 9.17) is 4.74 Å². The molecular weight excluding hydrogens is 308 g/mol. The van der Waals surface area contributed by atoms with Crippen molar-refractivity contribution in [2.24, 2.45) is 11.8 Å². The maximum absolute atomic E-state index is 5.73. The van der Waals surface area contributed by atoms with Gasteiger partial charge in [0.1, 0.15) is 5.75 Å². The van der Waals surface area contributed by atoms with Crippen molar-refractivity contribution in [3.63, 3.8) is 0 Å². The summed E-state index contributed by atoms with van der Waals surface area (Å²) in [4.78, 5) is 5.33. The van der Waals surface area contributed by atoms with E-state index in [1.165, 1.54) is 64.0 Å². The predicted molar refractivity (Wildman–Crippen MR) is 105 cm³/mol. The Balaban J connectivity index is 1.39. The van der Waals surface area contributed by atoms with Gasteiger partial charge in [-0.3, -0.25) is 4.90 Å². The van der Waals surface area contributed by atoms with Gasteiger partial charge in [-0.05, 0) is 95.2 Å². The van der Waals surface area contributed by atoms with Gasteiger partial charge in [0, 0.05) is 13.1 Å². The molecule has 25 heavy (non-hydrogen) atoms. The molecule has 0 aliphatic carbocycles. The van der Waals surface area contributed by atoms with Crippen molar-refractivity contribution in [3.8, 4) is 5.75 Å². The Hall–Kier alpha value is -1.06. The first-order chi connectivity index (χ1) is 12.1. The summed E-state index contributed by atoms with van der Waals surface area (Å²) >= 11 is 0. The van der Waals surface area contributed by atoms with Gasteiger partial charge in [-0.15, -0.1) is 0 Å². The molecule has 3 nitrogen and oxygen atoms in total. The quantitative estimate of drug-likeness (QED) is 0.760. The van der Waals surface area contributed by atoms with Crippen LogP contribution in [0.2, 0.25) is 0 Å². The number of hydrogen-bond donors (Lipinski definition) is 0. The van der Waals surface area contributed by atoms with Crippen LogP contribution in [0.4, 0.5) is 0 Å². The molecule has 0 spiro atoms. The molecule has 2 fully saturated rings. The molecule has 2 saturated heterocycles. The second-order valence-electron chi connectivity index (χ2n) is 8.51. The molecule has 0 bridgehead atoms. The van der Waals surface area contributed by atoms with E-state index in [-0.39, 0.29) is 6.10 Å². The topological polar surface area (TPSA) is 15.7 Å². The maximum Gasteiger partial charge on any atom is 0.119 e. The van der Waals surface area contributed by atoms with Gasteiger partial charge in [0.25, 0.3) is 0 Å².